The maximum absolute atomic E-state index is 12.5. The van der Waals surface area contributed by atoms with Gasteiger partial charge in [-0.25, -0.2) is 0 Å². The minimum absolute atomic E-state index is 0.0431. The first-order valence-electron chi connectivity index (χ1n) is 8.33. The number of carbonyl (C=O) groups excluding carboxylic acids is 2. The zero-order chi connectivity index (χ0) is 18.2. The maximum Gasteiger partial charge on any atom is 0.239 e. The molecule has 0 saturated carbocycles. The fourth-order valence-electron chi connectivity index (χ4n) is 2.49. The lowest BCUT2D eigenvalue weighted by atomic mass is 10.1. The molecule has 2 aromatic rings. The van der Waals surface area contributed by atoms with E-state index in [9.17, 15) is 9.59 Å². The van der Waals surface area contributed by atoms with Crippen LogP contribution in [0.3, 0.4) is 0 Å². The van der Waals surface area contributed by atoms with Crippen LogP contribution >= 0.6 is 11.6 Å². The van der Waals surface area contributed by atoms with Gasteiger partial charge < -0.3 is 10.2 Å². The summed E-state index contributed by atoms with van der Waals surface area (Å²) in [5.41, 5.74) is 3.04. The zero-order valence-electron chi connectivity index (χ0n) is 14.6. The van der Waals surface area contributed by atoms with E-state index < -0.39 is 0 Å². The average molecular weight is 359 g/mol. The summed E-state index contributed by atoms with van der Waals surface area (Å²) in [5, 5.41) is 3.50. The van der Waals surface area contributed by atoms with E-state index in [4.69, 9.17) is 11.6 Å². The molecule has 2 aromatic carbocycles. The summed E-state index contributed by atoms with van der Waals surface area (Å²) in [4.78, 5) is 26.2. The highest BCUT2D eigenvalue weighted by molar-refractivity contribution is 6.30. The van der Waals surface area contributed by atoms with Crippen LogP contribution in [0.25, 0.3) is 0 Å². The standard InChI is InChI=1S/C20H23ClN2O2/c1-3-23(20(25)12-17-7-5-4-6-15(17)2)14-19(24)22-13-16-8-10-18(21)11-9-16/h4-11H,3,12-14H2,1-2H3,(H,22,24). The van der Waals surface area contributed by atoms with Gasteiger partial charge in [0.1, 0.15) is 0 Å². The van der Waals surface area contributed by atoms with Gasteiger partial charge in [-0.1, -0.05) is 48.0 Å². The van der Waals surface area contributed by atoms with Crippen molar-refractivity contribution in [3.63, 3.8) is 0 Å². The summed E-state index contributed by atoms with van der Waals surface area (Å²) in [6, 6.07) is 15.1. The highest BCUT2D eigenvalue weighted by Gasteiger charge is 2.16. The van der Waals surface area contributed by atoms with Crippen molar-refractivity contribution in [2.24, 2.45) is 0 Å². The van der Waals surface area contributed by atoms with Crippen LogP contribution in [-0.2, 0) is 22.6 Å². The number of halogens is 1. The van der Waals surface area contributed by atoms with Crippen molar-refractivity contribution in [2.45, 2.75) is 26.8 Å². The van der Waals surface area contributed by atoms with Crippen molar-refractivity contribution in [2.75, 3.05) is 13.1 Å². The molecule has 0 atom stereocenters. The number of rotatable bonds is 7. The molecule has 1 N–H and O–H groups in total. The van der Waals surface area contributed by atoms with E-state index in [1.807, 2.05) is 50.2 Å². The highest BCUT2D eigenvalue weighted by Crippen LogP contribution is 2.10. The molecule has 0 unspecified atom stereocenters. The minimum Gasteiger partial charge on any atom is -0.350 e. The van der Waals surface area contributed by atoms with Gasteiger partial charge in [-0.05, 0) is 42.7 Å². The normalized spacial score (nSPS) is 10.4. The molecule has 0 aliphatic carbocycles. The molecule has 2 rings (SSSR count). The van der Waals surface area contributed by atoms with E-state index in [-0.39, 0.29) is 18.4 Å². The van der Waals surface area contributed by atoms with Crippen molar-refractivity contribution >= 4 is 23.4 Å². The quantitative estimate of drug-likeness (QED) is 0.825. The monoisotopic (exact) mass is 358 g/mol. The zero-order valence-corrected chi connectivity index (χ0v) is 15.3. The van der Waals surface area contributed by atoms with E-state index in [0.717, 1.165) is 16.7 Å². The lowest BCUT2D eigenvalue weighted by Gasteiger charge is -2.21. The molecule has 0 bridgehead atoms. The highest BCUT2D eigenvalue weighted by atomic mass is 35.5. The molecule has 4 nitrogen and oxygen atoms in total. The smallest absolute Gasteiger partial charge is 0.239 e. The first kappa shape index (κ1) is 19.0. The second-order valence-electron chi connectivity index (χ2n) is 5.91. The van der Waals surface area contributed by atoms with Gasteiger partial charge in [0.05, 0.1) is 13.0 Å². The Morgan fingerprint density at radius 2 is 1.76 bits per heavy atom. The van der Waals surface area contributed by atoms with Crippen LogP contribution in [-0.4, -0.2) is 29.8 Å². The molecule has 0 saturated heterocycles. The topological polar surface area (TPSA) is 49.4 Å². The number of amides is 2. The predicted octanol–water partition coefficient (Wildman–Crippen LogP) is 3.36. The van der Waals surface area contributed by atoms with Gasteiger partial charge in [-0.3, -0.25) is 9.59 Å². The first-order chi connectivity index (χ1) is 12.0. The SMILES string of the molecule is CCN(CC(=O)NCc1ccc(Cl)cc1)C(=O)Cc1ccccc1C. The number of hydrogen-bond acceptors (Lipinski definition) is 2. The van der Waals surface area contributed by atoms with Gasteiger partial charge in [0.25, 0.3) is 0 Å². The number of likely N-dealkylation sites (N-methyl/N-ethyl adjacent to an activating group) is 1. The fraction of sp³-hybridized carbons (Fsp3) is 0.300. The molecule has 25 heavy (non-hydrogen) atoms. The van der Waals surface area contributed by atoms with Gasteiger partial charge in [-0.2, -0.15) is 0 Å². The van der Waals surface area contributed by atoms with Crippen LogP contribution in [0, 0.1) is 6.92 Å². The number of aryl methyl sites for hydroxylation is 1. The van der Waals surface area contributed by atoms with Gasteiger partial charge in [0.2, 0.25) is 11.8 Å². The molecule has 132 valence electrons. The van der Waals surface area contributed by atoms with E-state index in [2.05, 4.69) is 5.32 Å². The Balaban J connectivity index is 1.87. The second kappa shape index (κ2) is 9.23. The summed E-state index contributed by atoms with van der Waals surface area (Å²) < 4.78 is 0. The molecule has 0 fully saturated rings. The van der Waals surface area contributed by atoms with Crippen molar-refractivity contribution in [3.8, 4) is 0 Å². The third-order valence-electron chi connectivity index (χ3n) is 4.07. The van der Waals surface area contributed by atoms with E-state index in [1.165, 1.54) is 0 Å². The fourth-order valence-corrected chi connectivity index (χ4v) is 2.62. The average Bonchev–Trinajstić information content (AvgIpc) is 2.61. The molecule has 0 spiro atoms. The van der Waals surface area contributed by atoms with Crippen LogP contribution < -0.4 is 5.32 Å². The molecule has 0 aliphatic rings. The molecule has 2 amide bonds. The number of hydrogen-bond donors (Lipinski definition) is 1. The number of nitrogens with zero attached hydrogens (tertiary/aromatic N) is 1. The molecule has 0 aromatic heterocycles. The number of benzene rings is 2. The van der Waals surface area contributed by atoms with Gasteiger partial charge >= 0.3 is 0 Å². The van der Waals surface area contributed by atoms with Gasteiger partial charge in [-0.15, -0.1) is 0 Å². The molecular weight excluding hydrogens is 336 g/mol. The predicted molar refractivity (Wildman–Crippen MR) is 100 cm³/mol. The van der Waals surface area contributed by atoms with Crippen molar-refractivity contribution in [1.82, 2.24) is 10.2 Å². The van der Waals surface area contributed by atoms with Crippen LogP contribution in [0.5, 0.6) is 0 Å². The Kier molecular flexibility index (Phi) is 7.02. The van der Waals surface area contributed by atoms with E-state index in [0.29, 0.717) is 24.5 Å². The molecule has 0 radical (unpaired) electrons. The summed E-state index contributed by atoms with van der Waals surface area (Å²) in [6.07, 6.45) is 0.310. The Bertz CT molecular complexity index is 729. The molecular formula is C20H23ClN2O2. The lowest BCUT2D eigenvalue weighted by Crippen LogP contribution is -2.41. The van der Waals surface area contributed by atoms with Crippen LogP contribution in [0.1, 0.15) is 23.6 Å². The Morgan fingerprint density at radius 3 is 2.40 bits per heavy atom. The Morgan fingerprint density at radius 1 is 1.08 bits per heavy atom. The molecule has 5 heteroatoms. The van der Waals surface area contributed by atoms with Gasteiger partial charge in [0, 0.05) is 18.1 Å². The Hall–Kier alpha value is -2.33. The largest absolute Gasteiger partial charge is 0.350 e. The number of nitrogens with one attached hydrogen (secondary N) is 1. The van der Waals surface area contributed by atoms with Crippen molar-refractivity contribution < 1.29 is 9.59 Å². The van der Waals surface area contributed by atoms with E-state index >= 15 is 0 Å². The summed E-state index contributed by atoms with van der Waals surface area (Å²) in [7, 11) is 0. The van der Waals surface area contributed by atoms with Crippen LogP contribution in [0.4, 0.5) is 0 Å². The van der Waals surface area contributed by atoms with Crippen LogP contribution in [0.15, 0.2) is 48.5 Å². The molecule has 0 aliphatic heterocycles. The van der Waals surface area contributed by atoms with Crippen molar-refractivity contribution in [3.05, 3.63) is 70.2 Å². The first-order valence-corrected chi connectivity index (χ1v) is 8.70. The molecule has 0 heterocycles. The van der Waals surface area contributed by atoms with Crippen molar-refractivity contribution in [1.29, 1.82) is 0 Å². The summed E-state index contributed by atoms with van der Waals surface area (Å²) >= 11 is 5.84. The third kappa shape index (κ3) is 5.91. The Labute approximate surface area is 153 Å². The van der Waals surface area contributed by atoms with Crippen LogP contribution in [0.2, 0.25) is 5.02 Å². The summed E-state index contributed by atoms with van der Waals surface area (Å²) in [6.45, 7) is 4.84. The second-order valence-corrected chi connectivity index (χ2v) is 6.35. The number of carbonyl (C=O) groups is 2. The minimum atomic E-state index is -0.171. The van der Waals surface area contributed by atoms with E-state index in [1.54, 1.807) is 17.0 Å². The lowest BCUT2D eigenvalue weighted by molar-refractivity contribution is -0.135. The summed E-state index contributed by atoms with van der Waals surface area (Å²) in [5.74, 6) is -0.214. The third-order valence-corrected chi connectivity index (χ3v) is 4.33. The van der Waals surface area contributed by atoms with Gasteiger partial charge in [0.15, 0.2) is 0 Å². The maximum atomic E-state index is 12.5.